The second-order valence-electron chi connectivity index (χ2n) is 12.7. The first-order chi connectivity index (χ1) is 24.8. The van der Waals surface area contributed by atoms with Gasteiger partial charge in [0.2, 0.25) is 17.7 Å². The molecule has 0 rings (SSSR count). The number of nitrogens with one attached hydrogen (secondary N) is 3. The summed E-state index contributed by atoms with van der Waals surface area (Å²) >= 11 is 0. The predicted molar refractivity (Wildman–Crippen MR) is 195 cm³/mol. The van der Waals surface area contributed by atoms with Crippen molar-refractivity contribution in [2.75, 3.05) is 65.9 Å². The molecule has 0 radical (unpaired) electrons. The van der Waals surface area contributed by atoms with E-state index in [1.807, 2.05) is 6.92 Å². The van der Waals surface area contributed by atoms with Crippen LogP contribution >= 0.6 is 0 Å². The highest BCUT2D eigenvalue weighted by molar-refractivity contribution is 5.84. The first kappa shape index (κ1) is 48.2. The number of carboxylic acid groups (broad SMARTS) is 2. The Bertz CT molecular complexity index is 892. The standard InChI is InChI=1S/C37H69N3O11/c1-2-48-27-28-49-26-24-39-35(43)31-51-30-29-50-25-23-38-33(41)22-21-32(37(46)47)40-34(42)19-17-15-13-11-9-7-5-3-4-6-8-10-12-14-16-18-20-36(44)45/h32H,2-31H2,1H3,(H,38,41)(H,39,43)(H,40,42)(H,44,45)(H,46,47)/t32-/m0/s1. The van der Waals surface area contributed by atoms with Gasteiger partial charge in [-0.2, -0.15) is 0 Å². The van der Waals surface area contributed by atoms with Gasteiger partial charge in [0.05, 0.1) is 39.6 Å². The van der Waals surface area contributed by atoms with Gasteiger partial charge in [-0.05, 0) is 26.2 Å². The number of hydrogen-bond donors (Lipinski definition) is 5. The largest absolute Gasteiger partial charge is 0.481 e. The van der Waals surface area contributed by atoms with Crippen molar-refractivity contribution in [1.29, 1.82) is 0 Å². The Labute approximate surface area is 305 Å². The molecule has 0 saturated heterocycles. The zero-order valence-electron chi connectivity index (χ0n) is 31.4. The van der Waals surface area contributed by atoms with Gasteiger partial charge < -0.3 is 45.1 Å². The molecule has 0 fully saturated rings. The average molecular weight is 732 g/mol. The number of carbonyl (C=O) groups is 5. The minimum absolute atomic E-state index is 0.000746. The lowest BCUT2D eigenvalue weighted by molar-refractivity contribution is -0.142. The molecule has 51 heavy (non-hydrogen) atoms. The van der Waals surface area contributed by atoms with Gasteiger partial charge in [-0.25, -0.2) is 4.79 Å². The molecule has 14 heteroatoms. The van der Waals surface area contributed by atoms with Gasteiger partial charge in [0.25, 0.3) is 0 Å². The molecule has 0 aromatic heterocycles. The summed E-state index contributed by atoms with van der Waals surface area (Å²) in [6, 6.07) is -1.11. The zero-order valence-corrected chi connectivity index (χ0v) is 31.4. The van der Waals surface area contributed by atoms with Crippen LogP contribution in [-0.2, 0) is 42.9 Å². The van der Waals surface area contributed by atoms with E-state index in [4.69, 9.17) is 24.1 Å². The number of ether oxygens (including phenoxy) is 4. The van der Waals surface area contributed by atoms with Crippen molar-refractivity contribution in [1.82, 2.24) is 16.0 Å². The highest BCUT2D eigenvalue weighted by Crippen LogP contribution is 2.14. The first-order valence-corrected chi connectivity index (χ1v) is 19.3. The predicted octanol–water partition coefficient (Wildman–Crippen LogP) is 4.76. The third-order valence-corrected chi connectivity index (χ3v) is 8.16. The number of carbonyl (C=O) groups excluding carboxylic acids is 3. The lowest BCUT2D eigenvalue weighted by Crippen LogP contribution is -2.41. The summed E-state index contributed by atoms with van der Waals surface area (Å²) in [6.45, 7) is 5.19. The Morgan fingerprint density at radius 2 is 0.922 bits per heavy atom. The summed E-state index contributed by atoms with van der Waals surface area (Å²) in [5.41, 5.74) is 0. The van der Waals surface area contributed by atoms with Crippen molar-refractivity contribution in [3.05, 3.63) is 0 Å². The minimum atomic E-state index is -1.16. The van der Waals surface area contributed by atoms with Crippen LogP contribution in [0.2, 0.25) is 0 Å². The van der Waals surface area contributed by atoms with E-state index in [0.717, 1.165) is 38.5 Å². The molecule has 298 valence electrons. The number of carboxylic acids is 2. The van der Waals surface area contributed by atoms with E-state index in [9.17, 15) is 29.1 Å². The zero-order chi connectivity index (χ0) is 37.6. The third-order valence-electron chi connectivity index (χ3n) is 8.16. The maximum Gasteiger partial charge on any atom is 0.326 e. The molecule has 0 spiro atoms. The van der Waals surface area contributed by atoms with E-state index in [1.165, 1.54) is 57.8 Å². The number of hydrogen-bond acceptors (Lipinski definition) is 9. The van der Waals surface area contributed by atoms with Crippen molar-refractivity contribution in [3.8, 4) is 0 Å². The molecule has 3 amide bonds. The maximum absolute atomic E-state index is 12.3. The lowest BCUT2D eigenvalue weighted by atomic mass is 10.0. The highest BCUT2D eigenvalue weighted by Gasteiger charge is 2.20. The van der Waals surface area contributed by atoms with Crippen molar-refractivity contribution in [2.24, 2.45) is 0 Å². The van der Waals surface area contributed by atoms with E-state index >= 15 is 0 Å². The number of amides is 3. The summed E-state index contributed by atoms with van der Waals surface area (Å²) in [7, 11) is 0. The summed E-state index contributed by atoms with van der Waals surface area (Å²) in [5, 5.41) is 26.0. The summed E-state index contributed by atoms with van der Waals surface area (Å²) in [6.07, 6.45) is 18.5. The molecule has 0 aliphatic carbocycles. The normalized spacial score (nSPS) is 11.6. The number of rotatable bonds is 39. The Kier molecular flexibility index (Phi) is 34.9. The second-order valence-corrected chi connectivity index (χ2v) is 12.7. The van der Waals surface area contributed by atoms with Crippen LogP contribution in [0.25, 0.3) is 0 Å². The summed E-state index contributed by atoms with van der Waals surface area (Å²) < 4.78 is 21.1. The molecule has 1 atom stereocenters. The van der Waals surface area contributed by atoms with Crippen LogP contribution in [0, 0.1) is 0 Å². The van der Waals surface area contributed by atoms with Crippen molar-refractivity contribution >= 4 is 29.7 Å². The Hall–Kier alpha value is -2.81. The average Bonchev–Trinajstić information content (AvgIpc) is 3.09. The second kappa shape index (κ2) is 37.0. The summed E-state index contributed by atoms with van der Waals surface area (Å²) in [4.78, 5) is 58.2. The molecule has 0 bridgehead atoms. The van der Waals surface area contributed by atoms with Gasteiger partial charge in [0, 0.05) is 39.0 Å². The van der Waals surface area contributed by atoms with Gasteiger partial charge >= 0.3 is 11.9 Å². The molecular formula is C37H69N3O11. The number of unbranched alkanes of at least 4 members (excludes halogenated alkanes) is 15. The van der Waals surface area contributed by atoms with Gasteiger partial charge in [0.15, 0.2) is 0 Å². The molecule has 0 aromatic rings. The molecular weight excluding hydrogens is 662 g/mol. The fourth-order valence-corrected chi connectivity index (χ4v) is 5.25. The van der Waals surface area contributed by atoms with E-state index in [0.29, 0.717) is 39.4 Å². The van der Waals surface area contributed by atoms with Crippen LogP contribution in [0.3, 0.4) is 0 Å². The fraction of sp³-hybridized carbons (Fsp3) is 0.865. The van der Waals surface area contributed by atoms with Gasteiger partial charge in [-0.15, -0.1) is 0 Å². The first-order valence-electron chi connectivity index (χ1n) is 19.3. The Morgan fingerprint density at radius 1 is 0.490 bits per heavy atom. The van der Waals surface area contributed by atoms with Crippen LogP contribution in [-0.4, -0.2) is 112 Å². The highest BCUT2D eigenvalue weighted by atomic mass is 16.5. The van der Waals surface area contributed by atoms with Gasteiger partial charge in [-0.1, -0.05) is 89.9 Å². The maximum atomic E-state index is 12.3. The quantitative estimate of drug-likeness (QED) is 0.0547. The van der Waals surface area contributed by atoms with Gasteiger partial charge in [0.1, 0.15) is 12.6 Å². The van der Waals surface area contributed by atoms with E-state index < -0.39 is 18.0 Å². The third kappa shape index (κ3) is 36.8. The Morgan fingerprint density at radius 3 is 1.39 bits per heavy atom. The van der Waals surface area contributed by atoms with Crippen LogP contribution in [0.5, 0.6) is 0 Å². The van der Waals surface area contributed by atoms with Crippen molar-refractivity contribution < 1.29 is 53.1 Å². The van der Waals surface area contributed by atoms with Crippen LogP contribution in [0.1, 0.15) is 135 Å². The van der Waals surface area contributed by atoms with E-state index in [2.05, 4.69) is 16.0 Å². The van der Waals surface area contributed by atoms with Gasteiger partial charge in [-0.3, -0.25) is 19.2 Å². The van der Waals surface area contributed by atoms with Crippen molar-refractivity contribution in [3.63, 3.8) is 0 Å². The minimum Gasteiger partial charge on any atom is -0.481 e. The molecule has 0 unspecified atom stereocenters. The lowest BCUT2D eigenvalue weighted by Gasteiger charge is -2.14. The fourth-order valence-electron chi connectivity index (χ4n) is 5.25. The van der Waals surface area contributed by atoms with Crippen LogP contribution in [0.4, 0.5) is 0 Å². The molecule has 5 N–H and O–H groups in total. The molecule has 0 aromatic carbocycles. The smallest absolute Gasteiger partial charge is 0.326 e. The molecule has 0 aliphatic rings. The number of aliphatic carboxylic acids is 2. The molecule has 14 nitrogen and oxygen atoms in total. The van der Waals surface area contributed by atoms with Crippen molar-refractivity contribution in [2.45, 2.75) is 141 Å². The summed E-state index contributed by atoms with van der Waals surface area (Å²) in [5.74, 6) is -2.75. The SMILES string of the molecule is CCOCCOCCNC(=O)COCCOCCNC(=O)CC[C@H](NC(=O)CCCCCCCCCCCCCCCCCCC(=O)O)C(=O)O. The monoisotopic (exact) mass is 731 g/mol. The molecule has 0 saturated carbocycles. The van der Waals surface area contributed by atoms with E-state index in [1.54, 1.807) is 0 Å². The van der Waals surface area contributed by atoms with Crippen LogP contribution < -0.4 is 16.0 Å². The van der Waals surface area contributed by atoms with Crippen LogP contribution in [0.15, 0.2) is 0 Å². The molecule has 0 heterocycles. The Balaban J connectivity index is 3.64. The van der Waals surface area contributed by atoms with E-state index in [-0.39, 0.29) is 76.4 Å². The molecule has 0 aliphatic heterocycles. The topological polar surface area (TPSA) is 199 Å².